The van der Waals surface area contributed by atoms with Crippen LogP contribution in [0.3, 0.4) is 0 Å². The summed E-state index contributed by atoms with van der Waals surface area (Å²) in [6.07, 6.45) is 0. The molecule has 78 valence electrons. The maximum absolute atomic E-state index is 11.8. The second kappa shape index (κ2) is 4.12. The van der Waals surface area contributed by atoms with Crippen LogP contribution in [0, 0.1) is 0 Å². The van der Waals surface area contributed by atoms with Crippen LogP contribution in [0.15, 0.2) is 24.3 Å². The van der Waals surface area contributed by atoms with Crippen LogP contribution in [0.25, 0.3) is 0 Å². The second-order valence-electron chi connectivity index (χ2n) is 3.18. The quantitative estimate of drug-likeness (QED) is 0.721. The van der Waals surface area contributed by atoms with E-state index < -0.39 is 0 Å². The summed E-state index contributed by atoms with van der Waals surface area (Å²) in [4.78, 5) is 13.3. The molecule has 1 aliphatic rings. The molecule has 1 aromatic carbocycles. The Morgan fingerprint density at radius 2 is 2.00 bits per heavy atom. The third kappa shape index (κ3) is 2.02. The molecular formula is C10H8ClNOS2. The fourth-order valence-electron chi connectivity index (χ4n) is 1.35. The van der Waals surface area contributed by atoms with Gasteiger partial charge in [0.05, 0.1) is 10.9 Å². The van der Waals surface area contributed by atoms with Gasteiger partial charge in [0.15, 0.2) is 0 Å². The van der Waals surface area contributed by atoms with Crippen LogP contribution in [0.5, 0.6) is 0 Å². The summed E-state index contributed by atoms with van der Waals surface area (Å²) >= 11 is 12.3. The number of benzene rings is 1. The van der Waals surface area contributed by atoms with Crippen LogP contribution in [-0.2, 0) is 4.79 Å². The van der Waals surface area contributed by atoms with E-state index in [0.717, 1.165) is 5.69 Å². The van der Waals surface area contributed by atoms with Crippen LogP contribution in [0.1, 0.15) is 6.92 Å². The van der Waals surface area contributed by atoms with Crippen LogP contribution in [-0.4, -0.2) is 15.5 Å². The summed E-state index contributed by atoms with van der Waals surface area (Å²) < 4.78 is 0.606. The number of thioether (sulfide) groups is 1. The molecule has 0 aliphatic carbocycles. The molecule has 0 unspecified atom stereocenters. The number of hydrogen-bond donors (Lipinski definition) is 0. The van der Waals surface area contributed by atoms with E-state index in [1.54, 1.807) is 29.2 Å². The summed E-state index contributed by atoms with van der Waals surface area (Å²) in [7, 11) is 0. The summed E-state index contributed by atoms with van der Waals surface area (Å²) in [6.45, 7) is 1.86. The Hall–Kier alpha value is -0.580. The molecule has 5 heteroatoms. The molecule has 1 heterocycles. The fourth-order valence-corrected chi connectivity index (χ4v) is 2.91. The molecule has 1 amide bonds. The summed E-state index contributed by atoms with van der Waals surface area (Å²) in [5.41, 5.74) is 0.784. The average Bonchev–Trinajstić information content (AvgIpc) is 2.44. The molecule has 2 nitrogen and oxygen atoms in total. The third-order valence-corrected chi connectivity index (χ3v) is 3.78. The number of carbonyl (C=O) groups excluding carboxylic acids is 1. The van der Waals surface area contributed by atoms with Crippen molar-refractivity contribution in [2.24, 2.45) is 0 Å². The maximum Gasteiger partial charge on any atom is 0.245 e. The first-order chi connectivity index (χ1) is 7.09. The Labute approximate surface area is 103 Å². The Bertz CT molecular complexity index is 418. The highest BCUT2D eigenvalue weighted by atomic mass is 35.5. The highest BCUT2D eigenvalue weighted by Gasteiger charge is 2.34. The predicted octanol–water partition coefficient (Wildman–Crippen LogP) is 3.09. The minimum Gasteiger partial charge on any atom is -0.273 e. The zero-order chi connectivity index (χ0) is 11.0. The van der Waals surface area contributed by atoms with E-state index in [9.17, 15) is 4.79 Å². The van der Waals surface area contributed by atoms with Gasteiger partial charge in [-0.05, 0) is 31.2 Å². The molecule has 0 spiro atoms. The van der Waals surface area contributed by atoms with Gasteiger partial charge in [-0.2, -0.15) is 0 Å². The Kier molecular flexibility index (Phi) is 3.00. The number of nitrogens with zero attached hydrogens (tertiary/aromatic N) is 1. The number of carbonyl (C=O) groups is 1. The van der Waals surface area contributed by atoms with Gasteiger partial charge in [0.1, 0.15) is 4.32 Å². The lowest BCUT2D eigenvalue weighted by atomic mass is 10.3. The van der Waals surface area contributed by atoms with E-state index in [2.05, 4.69) is 0 Å². The van der Waals surface area contributed by atoms with Gasteiger partial charge in [-0.1, -0.05) is 35.6 Å². The lowest BCUT2D eigenvalue weighted by Crippen LogP contribution is -2.30. The highest BCUT2D eigenvalue weighted by Crippen LogP contribution is 2.31. The predicted molar refractivity (Wildman–Crippen MR) is 68.6 cm³/mol. The van der Waals surface area contributed by atoms with E-state index >= 15 is 0 Å². The zero-order valence-electron chi connectivity index (χ0n) is 7.94. The molecule has 0 aromatic heterocycles. The standard InChI is InChI=1S/C10H8ClNOS2/c1-6-9(13)12(10(14)15-6)8-4-2-7(11)3-5-8/h2-6H,1H3/t6-/m1/s1. The molecule has 15 heavy (non-hydrogen) atoms. The minimum atomic E-state index is -0.0896. The topological polar surface area (TPSA) is 20.3 Å². The van der Waals surface area contributed by atoms with Crippen molar-refractivity contribution in [3.05, 3.63) is 29.3 Å². The minimum absolute atomic E-state index is 0.0346. The number of rotatable bonds is 1. The van der Waals surface area contributed by atoms with E-state index in [0.29, 0.717) is 9.34 Å². The number of halogens is 1. The normalized spacial score (nSPS) is 21.2. The summed E-state index contributed by atoms with van der Waals surface area (Å²) in [5, 5.41) is 0.560. The first kappa shape index (κ1) is 10.9. The Morgan fingerprint density at radius 3 is 2.47 bits per heavy atom. The first-order valence-electron chi connectivity index (χ1n) is 4.40. The number of thiocarbonyl (C=S) groups is 1. The lowest BCUT2D eigenvalue weighted by molar-refractivity contribution is -0.116. The summed E-state index contributed by atoms with van der Waals surface area (Å²) in [6, 6.07) is 7.09. The lowest BCUT2D eigenvalue weighted by Gasteiger charge is -2.14. The number of anilines is 1. The SMILES string of the molecule is C[C@H]1SC(=S)N(c2ccc(Cl)cc2)C1=O. The van der Waals surface area contributed by atoms with Crippen LogP contribution >= 0.6 is 35.6 Å². The van der Waals surface area contributed by atoms with E-state index in [1.807, 2.05) is 6.92 Å². The Morgan fingerprint density at radius 1 is 1.40 bits per heavy atom. The van der Waals surface area contributed by atoms with Gasteiger partial charge in [-0.25, -0.2) is 0 Å². The smallest absolute Gasteiger partial charge is 0.245 e. The van der Waals surface area contributed by atoms with Crippen molar-refractivity contribution in [2.45, 2.75) is 12.2 Å². The molecule has 1 atom stereocenters. The van der Waals surface area contributed by atoms with E-state index in [-0.39, 0.29) is 11.2 Å². The molecule has 1 fully saturated rings. The average molecular weight is 258 g/mol. The van der Waals surface area contributed by atoms with Gasteiger partial charge in [-0.15, -0.1) is 0 Å². The fraction of sp³-hybridized carbons (Fsp3) is 0.200. The van der Waals surface area contributed by atoms with Gasteiger partial charge < -0.3 is 0 Å². The van der Waals surface area contributed by atoms with Crippen molar-refractivity contribution in [1.29, 1.82) is 0 Å². The van der Waals surface area contributed by atoms with Crippen molar-refractivity contribution in [2.75, 3.05) is 4.90 Å². The largest absolute Gasteiger partial charge is 0.273 e. The second-order valence-corrected chi connectivity index (χ2v) is 5.59. The van der Waals surface area contributed by atoms with E-state index in [1.165, 1.54) is 11.8 Å². The summed E-state index contributed by atoms with van der Waals surface area (Å²) in [5.74, 6) is 0.0346. The van der Waals surface area contributed by atoms with Gasteiger partial charge >= 0.3 is 0 Å². The molecule has 1 aromatic rings. The number of amides is 1. The molecule has 0 radical (unpaired) electrons. The van der Waals surface area contributed by atoms with Crippen molar-refractivity contribution in [3.63, 3.8) is 0 Å². The van der Waals surface area contributed by atoms with Gasteiger partial charge in [-0.3, -0.25) is 9.69 Å². The van der Waals surface area contributed by atoms with E-state index in [4.69, 9.17) is 23.8 Å². The van der Waals surface area contributed by atoms with Crippen molar-refractivity contribution in [3.8, 4) is 0 Å². The molecule has 2 rings (SSSR count). The van der Waals surface area contributed by atoms with Gasteiger partial charge in [0.25, 0.3) is 0 Å². The van der Waals surface area contributed by atoms with Crippen molar-refractivity contribution in [1.82, 2.24) is 0 Å². The Balaban J connectivity index is 2.35. The van der Waals surface area contributed by atoms with Crippen molar-refractivity contribution >= 4 is 51.5 Å². The van der Waals surface area contributed by atoms with Crippen LogP contribution < -0.4 is 4.90 Å². The molecular weight excluding hydrogens is 250 g/mol. The van der Waals surface area contributed by atoms with Crippen LogP contribution in [0.2, 0.25) is 5.02 Å². The molecule has 0 saturated carbocycles. The molecule has 0 bridgehead atoms. The zero-order valence-corrected chi connectivity index (χ0v) is 10.3. The van der Waals surface area contributed by atoms with Crippen LogP contribution in [0.4, 0.5) is 5.69 Å². The third-order valence-electron chi connectivity index (χ3n) is 2.11. The monoisotopic (exact) mass is 257 g/mol. The highest BCUT2D eigenvalue weighted by molar-refractivity contribution is 8.25. The number of hydrogen-bond acceptors (Lipinski definition) is 3. The first-order valence-corrected chi connectivity index (χ1v) is 6.06. The van der Waals surface area contributed by atoms with Crippen molar-refractivity contribution < 1.29 is 4.79 Å². The molecule has 1 saturated heterocycles. The van der Waals surface area contributed by atoms with Gasteiger partial charge in [0.2, 0.25) is 5.91 Å². The van der Waals surface area contributed by atoms with Gasteiger partial charge in [0, 0.05) is 5.02 Å². The maximum atomic E-state index is 11.8. The molecule has 1 aliphatic heterocycles. The molecule has 0 N–H and O–H groups in total.